The summed E-state index contributed by atoms with van der Waals surface area (Å²) in [5, 5.41) is 1.11. The molecule has 2 heterocycles. The van der Waals surface area contributed by atoms with Crippen LogP contribution in [0.15, 0.2) is 42.7 Å². The maximum Gasteiger partial charge on any atom is 0.0955 e. The highest BCUT2D eigenvalue weighted by Crippen LogP contribution is 2.21. The van der Waals surface area contributed by atoms with Crippen molar-refractivity contribution in [1.82, 2.24) is 13.7 Å². The van der Waals surface area contributed by atoms with Crippen LogP contribution in [-0.4, -0.2) is 13.7 Å². The molecule has 4 nitrogen and oxygen atoms in total. The number of nitrogens with zero attached hydrogens (tertiary/aromatic N) is 3. The quantitative estimate of drug-likeness (QED) is 0.747. The highest BCUT2D eigenvalue weighted by Gasteiger charge is 2.12. The molecule has 0 aliphatic rings. The maximum atomic E-state index is 6.13. The third-order valence-corrected chi connectivity index (χ3v) is 3.18. The van der Waals surface area contributed by atoms with Crippen LogP contribution in [0.4, 0.5) is 0 Å². The Morgan fingerprint density at radius 3 is 3.00 bits per heavy atom. The minimum atomic E-state index is -0.236. The zero-order valence-electron chi connectivity index (χ0n) is 8.95. The monoisotopic (exact) mass is 242 g/mol. The molecule has 0 saturated carbocycles. The summed E-state index contributed by atoms with van der Waals surface area (Å²) in [7, 11) is 0. The van der Waals surface area contributed by atoms with Gasteiger partial charge in [-0.15, -0.1) is 0 Å². The molecule has 3 rings (SSSR count). The first-order valence-electron chi connectivity index (χ1n) is 5.22. The summed E-state index contributed by atoms with van der Waals surface area (Å²) in [5.74, 6) is 0. The van der Waals surface area contributed by atoms with Gasteiger partial charge in [-0.05, 0) is 17.7 Å². The molecule has 2 N–H and O–H groups in total. The lowest BCUT2D eigenvalue weighted by molar-refractivity contribution is 0.845. The van der Waals surface area contributed by atoms with Crippen molar-refractivity contribution in [2.75, 3.05) is 0 Å². The Balaban J connectivity index is 2.06. The van der Waals surface area contributed by atoms with Crippen molar-refractivity contribution in [2.45, 2.75) is 6.04 Å². The highest BCUT2D eigenvalue weighted by molar-refractivity contribution is 6.99. The van der Waals surface area contributed by atoms with Gasteiger partial charge in [-0.3, -0.25) is 4.98 Å². The van der Waals surface area contributed by atoms with Crippen LogP contribution < -0.4 is 5.73 Å². The third kappa shape index (κ3) is 1.90. The molecule has 0 fully saturated rings. The summed E-state index contributed by atoms with van der Waals surface area (Å²) in [6.07, 6.45) is 3.49. The predicted octanol–water partition coefficient (Wildman–Crippen LogP) is 2.13. The Bertz CT molecular complexity index is 636. The van der Waals surface area contributed by atoms with Crippen molar-refractivity contribution in [3.8, 4) is 0 Å². The van der Waals surface area contributed by atoms with E-state index in [1.807, 2.05) is 30.3 Å². The third-order valence-electron chi connectivity index (χ3n) is 2.69. The SMILES string of the molecule is NC(c1ccc2cccnc2c1)c1cnsn1. The van der Waals surface area contributed by atoms with Crippen molar-refractivity contribution in [2.24, 2.45) is 5.73 Å². The molecule has 0 radical (unpaired) electrons. The first-order valence-corrected chi connectivity index (χ1v) is 5.95. The predicted molar refractivity (Wildman–Crippen MR) is 67.7 cm³/mol. The van der Waals surface area contributed by atoms with Crippen molar-refractivity contribution >= 4 is 22.6 Å². The van der Waals surface area contributed by atoms with Gasteiger partial charge in [0.2, 0.25) is 0 Å². The number of aromatic nitrogens is 3. The summed E-state index contributed by atoms with van der Waals surface area (Å²) in [6, 6.07) is 9.75. The second-order valence-electron chi connectivity index (χ2n) is 3.77. The number of nitrogens with two attached hydrogens (primary N) is 1. The van der Waals surface area contributed by atoms with Gasteiger partial charge >= 0.3 is 0 Å². The fourth-order valence-corrected chi connectivity index (χ4v) is 2.21. The lowest BCUT2D eigenvalue weighted by atomic mass is 10.0. The second kappa shape index (κ2) is 4.20. The Morgan fingerprint density at radius 1 is 1.24 bits per heavy atom. The summed E-state index contributed by atoms with van der Waals surface area (Å²) in [4.78, 5) is 4.32. The number of pyridine rings is 1. The first-order chi connectivity index (χ1) is 8.34. The number of hydrogen-bond donors (Lipinski definition) is 1. The van der Waals surface area contributed by atoms with Crippen molar-refractivity contribution < 1.29 is 0 Å². The Labute approximate surface area is 102 Å². The zero-order valence-corrected chi connectivity index (χ0v) is 9.76. The van der Waals surface area contributed by atoms with Crippen LogP contribution in [0.3, 0.4) is 0 Å². The summed E-state index contributed by atoms with van der Waals surface area (Å²) >= 11 is 1.17. The molecule has 0 amide bonds. The van der Waals surface area contributed by atoms with E-state index in [0.717, 1.165) is 22.2 Å². The molecule has 17 heavy (non-hydrogen) atoms. The molecule has 1 unspecified atom stereocenters. The zero-order chi connectivity index (χ0) is 11.7. The van der Waals surface area contributed by atoms with Crippen LogP contribution in [0, 0.1) is 0 Å². The molecule has 0 bridgehead atoms. The van der Waals surface area contributed by atoms with Gasteiger partial charge in [0.1, 0.15) is 0 Å². The molecule has 0 saturated heterocycles. The first kappa shape index (κ1) is 10.3. The Hall–Kier alpha value is -1.85. The van der Waals surface area contributed by atoms with E-state index in [4.69, 9.17) is 5.73 Å². The largest absolute Gasteiger partial charge is 0.319 e. The van der Waals surface area contributed by atoms with E-state index in [-0.39, 0.29) is 6.04 Å². The number of rotatable bonds is 2. The van der Waals surface area contributed by atoms with Crippen molar-refractivity contribution in [1.29, 1.82) is 0 Å². The smallest absolute Gasteiger partial charge is 0.0955 e. The van der Waals surface area contributed by atoms with Crippen molar-refractivity contribution in [3.63, 3.8) is 0 Å². The highest BCUT2D eigenvalue weighted by atomic mass is 32.1. The fraction of sp³-hybridized carbons (Fsp3) is 0.0833. The molecule has 0 aliphatic carbocycles. The van der Waals surface area contributed by atoms with Crippen LogP contribution in [0.25, 0.3) is 10.9 Å². The average molecular weight is 242 g/mol. The maximum absolute atomic E-state index is 6.13. The molecule has 1 aromatic carbocycles. The minimum Gasteiger partial charge on any atom is -0.319 e. The Morgan fingerprint density at radius 2 is 2.18 bits per heavy atom. The summed E-state index contributed by atoms with van der Waals surface area (Å²) in [5.41, 5.74) is 8.88. The molecule has 1 atom stereocenters. The molecule has 3 aromatic rings. The van der Waals surface area contributed by atoms with E-state index in [9.17, 15) is 0 Å². The Kier molecular flexibility index (Phi) is 2.55. The van der Waals surface area contributed by atoms with Gasteiger partial charge in [0, 0.05) is 11.6 Å². The second-order valence-corrected chi connectivity index (χ2v) is 4.32. The number of hydrogen-bond acceptors (Lipinski definition) is 5. The van der Waals surface area contributed by atoms with E-state index in [1.54, 1.807) is 12.4 Å². The molecule has 2 aromatic heterocycles. The molecule has 84 valence electrons. The number of fused-ring (bicyclic) bond motifs is 1. The van der Waals surface area contributed by atoms with Crippen LogP contribution in [0.1, 0.15) is 17.3 Å². The average Bonchev–Trinajstić information content (AvgIpc) is 2.91. The van der Waals surface area contributed by atoms with Crippen LogP contribution in [0.5, 0.6) is 0 Å². The molecule has 5 heteroatoms. The van der Waals surface area contributed by atoms with E-state index < -0.39 is 0 Å². The minimum absolute atomic E-state index is 0.236. The van der Waals surface area contributed by atoms with Gasteiger partial charge in [0.05, 0.1) is 35.2 Å². The van der Waals surface area contributed by atoms with Crippen LogP contribution in [-0.2, 0) is 0 Å². The van der Waals surface area contributed by atoms with E-state index in [2.05, 4.69) is 13.7 Å². The molecular formula is C12H10N4S. The molecular weight excluding hydrogens is 232 g/mol. The van der Waals surface area contributed by atoms with Crippen LogP contribution >= 0.6 is 11.7 Å². The number of benzene rings is 1. The molecule has 0 aliphatic heterocycles. The van der Waals surface area contributed by atoms with Gasteiger partial charge in [-0.2, -0.15) is 8.75 Å². The van der Waals surface area contributed by atoms with Gasteiger partial charge in [0.25, 0.3) is 0 Å². The standard InChI is InChI=1S/C12H10N4S/c13-12(11-7-15-17-16-11)9-4-3-8-2-1-5-14-10(8)6-9/h1-7,12H,13H2. The van der Waals surface area contributed by atoms with Crippen LogP contribution in [0.2, 0.25) is 0 Å². The summed E-state index contributed by atoms with van der Waals surface area (Å²) < 4.78 is 8.12. The fourth-order valence-electron chi connectivity index (χ4n) is 1.76. The van der Waals surface area contributed by atoms with Gasteiger partial charge in [-0.25, -0.2) is 0 Å². The van der Waals surface area contributed by atoms with E-state index >= 15 is 0 Å². The van der Waals surface area contributed by atoms with Gasteiger partial charge in [-0.1, -0.05) is 18.2 Å². The van der Waals surface area contributed by atoms with E-state index in [1.165, 1.54) is 11.7 Å². The van der Waals surface area contributed by atoms with Crippen molar-refractivity contribution in [3.05, 3.63) is 54.0 Å². The summed E-state index contributed by atoms with van der Waals surface area (Å²) in [6.45, 7) is 0. The van der Waals surface area contributed by atoms with E-state index in [0.29, 0.717) is 0 Å². The normalized spacial score (nSPS) is 12.8. The lowest BCUT2D eigenvalue weighted by Crippen LogP contribution is -2.12. The lowest BCUT2D eigenvalue weighted by Gasteiger charge is -2.09. The van der Waals surface area contributed by atoms with Gasteiger partial charge in [0.15, 0.2) is 0 Å². The molecule has 0 spiro atoms. The topological polar surface area (TPSA) is 64.7 Å². The van der Waals surface area contributed by atoms with Gasteiger partial charge < -0.3 is 5.73 Å².